The number of aromatic nitrogens is 2. The van der Waals surface area contributed by atoms with Crippen molar-refractivity contribution in [3.05, 3.63) is 17.5 Å². The normalized spacial score (nSPS) is 23.2. The molecule has 1 saturated heterocycles. The van der Waals surface area contributed by atoms with Crippen molar-refractivity contribution in [3.8, 4) is 0 Å². The zero-order valence-electron chi connectivity index (χ0n) is 9.00. The molecule has 2 aliphatic rings. The molecule has 0 amide bonds. The minimum Gasteiger partial charge on any atom is -0.314 e. The van der Waals surface area contributed by atoms with Gasteiger partial charge in [0, 0.05) is 44.3 Å². The van der Waals surface area contributed by atoms with Crippen molar-refractivity contribution in [2.24, 2.45) is 0 Å². The third kappa shape index (κ3) is 2.21. The number of nitrogens with one attached hydrogen (secondary N) is 2. The minimum atomic E-state index is 0.762. The van der Waals surface area contributed by atoms with Gasteiger partial charge < -0.3 is 5.32 Å². The van der Waals surface area contributed by atoms with Crippen LogP contribution in [0.4, 0.5) is 0 Å². The lowest BCUT2D eigenvalue weighted by Gasteiger charge is -2.26. The zero-order valence-corrected chi connectivity index (χ0v) is 9.00. The SMILES string of the molecule is c1c(C2CC2)n[nH]c1CN1CCNCC1. The number of hydrogen-bond acceptors (Lipinski definition) is 3. The molecule has 2 fully saturated rings. The quantitative estimate of drug-likeness (QED) is 0.765. The first kappa shape index (κ1) is 9.36. The standard InChI is InChI=1S/C11H18N4/c1-2-9(1)11-7-10(13-14-11)8-15-5-3-12-4-6-15/h7,9,12H,1-6,8H2,(H,13,14). The van der Waals surface area contributed by atoms with Crippen molar-refractivity contribution in [1.29, 1.82) is 0 Å². The van der Waals surface area contributed by atoms with E-state index < -0.39 is 0 Å². The second-order valence-electron chi connectivity index (χ2n) is 4.62. The van der Waals surface area contributed by atoms with Crippen molar-refractivity contribution in [2.45, 2.75) is 25.3 Å². The summed E-state index contributed by atoms with van der Waals surface area (Å²) >= 11 is 0. The van der Waals surface area contributed by atoms with Crippen LogP contribution in [-0.2, 0) is 6.54 Å². The fourth-order valence-corrected chi connectivity index (χ4v) is 2.16. The lowest BCUT2D eigenvalue weighted by atomic mass is 10.2. The van der Waals surface area contributed by atoms with E-state index >= 15 is 0 Å². The number of rotatable bonds is 3. The Balaban J connectivity index is 1.60. The van der Waals surface area contributed by atoms with Crippen molar-refractivity contribution in [2.75, 3.05) is 26.2 Å². The van der Waals surface area contributed by atoms with Gasteiger partial charge in [-0.3, -0.25) is 10.00 Å². The predicted molar refractivity (Wildman–Crippen MR) is 58.7 cm³/mol. The average Bonchev–Trinajstić information content (AvgIpc) is 3.02. The maximum atomic E-state index is 4.38. The smallest absolute Gasteiger partial charge is 0.0656 e. The van der Waals surface area contributed by atoms with E-state index in [2.05, 4.69) is 26.5 Å². The summed E-state index contributed by atoms with van der Waals surface area (Å²) in [5.41, 5.74) is 2.55. The second kappa shape index (κ2) is 3.94. The van der Waals surface area contributed by atoms with Crippen LogP contribution in [0.1, 0.15) is 30.1 Å². The summed E-state index contributed by atoms with van der Waals surface area (Å²) in [5, 5.41) is 10.9. The third-order valence-corrected chi connectivity index (χ3v) is 3.25. The molecule has 1 aromatic heterocycles. The van der Waals surface area contributed by atoms with E-state index in [9.17, 15) is 0 Å². The van der Waals surface area contributed by atoms with Gasteiger partial charge in [0.15, 0.2) is 0 Å². The summed E-state index contributed by atoms with van der Waals surface area (Å²) in [4.78, 5) is 2.47. The van der Waals surface area contributed by atoms with Crippen LogP contribution in [0.5, 0.6) is 0 Å². The Bertz CT molecular complexity index is 323. The Labute approximate surface area is 90.0 Å². The molecule has 1 aliphatic heterocycles. The lowest BCUT2D eigenvalue weighted by Crippen LogP contribution is -2.42. The fourth-order valence-electron chi connectivity index (χ4n) is 2.16. The molecule has 15 heavy (non-hydrogen) atoms. The van der Waals surface area contributed by atoms with Crippen molar-refractivity contribution in [1.82, 2.24) is 20.4 Å². The maximum Gasteiger partial charge on any atom is 0.0656 e. The van der Waals surface area contributed by atoms with Gasteiger partial charge in [0.2, 0.25) is 0 Å². The van der Waals surface area contributed by atoms with Crippen LogP contribution in [0.3, 0.4) is 0 Å². The average molecular weight is 206 g/mol. The molecule has 1 saturated carbocycles. The van der Waals surface area contributed by atoms with Gasteiger partial charge in [-0.1, -0.05) is 0 Å². The molecule has 1 aromatic rings. The van der Waals surface area contributed by atoms with E-state index in [1.807, 2.05) is 0 Å². The highest BCUT2D eigenvalue weighted by Gasteiger charge is 2.26. The van der Waals surface area contributed by atoms with Gasteiger partial charge in [-0.05, 0) is 18.9 Å². The summed E-state index contributed by atoms with van der Waals surface area (Å²) < 4.78 is 0. The van der Waals surface area contributed by atoms with Crippen LogP contribution in [-0.4, -0.2) is 41.3 Å². The second-order valence-corrected chi connectivity index (χ2v) is 4.62. The molecule has 3 rings (SSSR count). The Morgan fingerprint density at radius 3 is 2.87 bits per heavy atom. The molecule has 0 aromatic carbocycles. The van der Waals surface area contributed by atoms with Gasteiger partial charge in [-0.25, -0.2) is 0 Å². The molecule has 0 bridgehead atoms. The summed E-state index contributed by atoms with van der Waals surface area (Å²) in [7, 11) is 0. The number of piperazine rings is 1. The highest BCUT2D eigenvalue weighted by Crippen LogP contribution is 2.39. The number of hydrogen-bond donors (Lipinski definition) is 2. The van der Waals surface area contributed by atoms with Crippen LogP contribution in [0.2, 0.25) is 0 Å². The monoisotopic (exact) mass is 206 g/mol. The Kier molecular flexibility index (Phi) is 2.46. The Morgan fingerprint density at radius 2 is 2.13 bits per heavy atom. The van der Waals surface area contributed by atoms with E-state index in [-0.39, 0.29) is 0 Å². The van der Waals surface area contributed by atoms with E-state index in [1.165, 1.54) is 24.2 Å². The van der Waals surface area contributed by atoms with Gasteiger partial charge in [-0.2, -0.15) is 5.10 Å². The molecule has 0 spiro atoms. The topological polar surface area (TPSA) is 44.0 Å². The molecular weight excluding hydrogens is 188 g/mol. The zero-order chi connectivity index (χ0) is 10.1. The summed E-state index contributed by atoms with van der Waals surface area (Å²) in [5.74, 6) is 0.762. The molecule has 82 valence electrons. The highest BCUT2D eigenvalue weighted by atomic mass is 15.2. The van der Waals surface area contributed by atoms with Crippen molar-refractivity contribution >= 4 is 0 Å². The number of aromatic amines is 1. The first-order chi connectivity index (χ1) is 7.42. The molecule has 2 N–H and O–H groups in total. The summed E-state index contributed by atoms with van der Waals surface area (Å²) in [6.45, 7) is 5.56. The summed E-state index contributed by atoms with van der Waals surface area (Å²) in [6, 6.07) is 2.25. The molecule has 1 aliphatic carbocycles. The van der Waals surface area contributed by atoms with Crippen molar-refractivity contribution in [3.63, 3.8) is 0 Å². The van der Waals surface area contributed by atoms with Gasteiger partial charge in [0.1, 0.15) is 0 Å². The van der Waals surface area contributed by atoms with Gasteiger partial charge >= 0.3 is 0 Å². The first-order valence-electron chi connectivity index (χ1n) is 5.89. The Morgan fingerprint density at radius 1 is 1.33 bits per heavy atom. The van der Waals surface area contributed by atoms with E-state index in [0.717, 1.165) is 38.6 Å². The van der Waals surface area contributed by atoms with Crippen LogP contribution < -0.4 is 5.32 Å². The third-order valence-electron chi connectivity index (χ3n) is 3.25. The minimum absolute atomic E-state index is 0.762. The first-order valence-corrected chi connectivity index (χ1v) is 5.89. The van der Waals surface area contributed by atoms with Gasteiger partial charge in [-0.15, -0.1) is 0 Å². The van der Waals surface area contributed by atoms with Gasteiger partial charge in [0.25, 0.3) is 0 Å². The lowest BCUT2D eigenvalue weighted by molar-refractivity contribution is 0.230. The summed E-state index contributed by atoms with van der Waals surface area (Å²) in [6.07, 6.45) is 2.66. The van der Waals surface area contributed by atoms with Crippen LogP contribution in [0.15, 0.2) is 6.07 Å². The van der Waals surface area contributed by atoms with Gasteiger partial charge in [0.05, 0.1) is 5.69 Å². The number of H-pyrrole nitrogens is 1. The number of nitrogens with zero attached hydrogens (tertiary/aromatic N) is 2. The van der Waals surface area contributed by atoms with E-state index in [0.29, 0.717) is 0 Å². The largest absolute Gasteiger partial charge is 0.314 e. The van der Waals surface area contributed by atoms with E-state index in [1.54, 1.807) is 0 Å². The molecule has 2 heterocycles. The van der Waals surface area contributed by atoms with Crippen LogP contribution >= 0.6 is 0 Å². The Hall–Kier alpha value is -0.870. The molecular formula is C11H18N4. The van der Waals surface area contributed by atoms with Crippen LogP contribution in [0.25, 0.3) is 0 Å². The molecule has 4 heteroatoms. The van der Waals surface area contributed by atoms with E-state index in [4.69, 9.17) is 0 Å². The fraction of sp³-hybridized carbons (Fsp3) is 0.727. The van der Waals surface area contributed by atoms with Crippen molar-refractivity contribution < 1.29 is 0 Å². The molecule has 0 unspecified atom stereocenters. The molecule has 0 radical (unpaired) electrons. The molecule has 0 atom stereocenters. The maximum absolute atomic E-state index is 4.38. The highest BCUT2D eigenvalue weighted by molar-refractivity contribution is 5.17. The molecule has 4 nitrogen and oxygen atoms in total. The predicted octanol–water partition coefficient (Wildman–Crippen LogP) is 0.692. The van der Waals surface area contributed by atoms with Crippen LogP contribution in [0, 0.1) is 0 Å².